The molecule has 32 heavy (non-hydrogen) atoms. The number of amides is 1. The molecule has 1 atom stereocenters. The topological polar surface area (TPSA) is 109 Å². The van der Waals surface area contributed by atoms with Gasteiger partial charge >= 0.3 is 5.63 Å². The molecule has 7 heteroatoms. The first-order valence-electron chi connectivity index (χ1n) is 10.5. The van der Waals surface area contributed by atoms with Crippen molar-refractivity contribution in [3.8, 4) is 5.75 Å². The minimum absolute atomic E-state index is 0.0810. The molecule has 3 rings (SSSR count). The summed E-state index contributed by atoms with van der Waals surface area (Å²) in [6.07, 6.45) is 0.735. The maximum atomic E-state index is 12.6. The predicted octanol–water partition coefficient (Wildman–Crippen LogP) is 2.35. The van der Waals surface area contributed by atoms with Gasteiger partial charge in [0, 0.05) is 23.4 Å². The Morgan fingerprint density at radius 2 is 1.84 bits per heavy atom. The number of carbonyl (C=O) groups is 2. The quantitative estimate of drug-likeness (QED) is 0.516. The van der Waals surface area contributed by atoms with Crippen LogP contribution < -0.4 is 20.8 Å². The van der Waals surface area contributed by atoms with E-state index in [1.54, 1.807) is 18.2 Å². The summed E-state index contributed by atoms with van der Waals surface area (Å²) in [6, 6.07) is 13.6. The van der Waals surface area contributed by atoms with E-state index in [-0.39, 0.29) is 18.9 Å². The molecule has 0 aliphatic carbocycles. The van der Waals surface area contributed by atoms with Crippen molar-refractivity contribution in [2.24, 2.45) is 5.92 Å². The van der Waals surface area contributed by atoms with Gasteiger partial charge in [0.15, 0.2) is 6.61 Å². The first-order valence-corrected chi connectivity index (χ1v) is 10.5. The number of benzene rings is 2. The maximum absolute atomic E-state index is 12.6. The Hall–Kier alpha value is -3.61. The summed E-state index contributed by atoms with van der Waals surface area (Å²) >= 11 is 0. The second-order valence-corrected chi connectivity index (χ2v) is 8.17. The summed E-state index contributed by atoms with van der Waals surface area (Å²) in [5, 5.41) is 14.4. The molecule has 0 aliphatic heterocycles. The second-order valence-electron chi connectivity index (χ2n) is 8.17. The normalized spacial score (nSPS) is 12.0. The SMILES string of the molecule is Cc1c(Cc2ccccc2)c(=O)oc2cc(OCC(=O)N[C@@H](CC(C)C)C(=O)[O-])ccc12. The first kappa shape index (κ1) is 23.1. The van der Waals surface area contributed by atoms with E-state index in [1.165, 1.54) is 0 Å². The van der Waals surface area contributed by atoms with Crippen LogP contribution in [0.3, 0.4) is 0 Å². The maximum Gasteiger partial charge on any atom is 0.340 e. The third-order valence-corrected chi connectivity index (χ3v) is 5.18. The molecule has 0 radical (unpaired) electrons. The molecule has 0 saturated heterocycles. The van der Waals surface area contributed by atoms with Gasteiger partial charge in [-0.15, -0.1) is 0 Å². The standard InChI is InChI=1S/C25H27NO6/c1-15(2)11-21(24(28)29)26-23(27)14-31-18-9-10-19-16(3)20(25(30)32-22(19)13-18)12-17-7-5-4-6-8-17/h4-10,13,15,21H,11-12,14H2,1-3H3,(H,26,27)(H,28,29)/p-1/t21-/m0/s1. The fraction of sp³-hybridized carbons (Fsp3) is 0.320. The molecule has 0 unspecified atom stereocenters. The van der Waals surface area contributed by atoms with Crippen molar-refractivity contribution in [1.82, 2.24) is 5.32 Å². The molecule has 0 fully saturated rings. The Balaban J connectivity index is 1.73. The number of carboxylic acids is 1. The largest absolute Gasteiger partial charge is 0.548 e. The van der Waals surface area contributed by atoms with Crippen LogP contribution in [0.1, 0.15) is 37.0 Å². The molecule has 1 aromatic heterocycles. The average molecular weight is 436 g/mol. The third-order valence-electron chi connectivity index (χ3n) is 5.18. The first-order chi connectivity index (χ1) is 15.2. The molecule has 0 spiro atoms. The van der Waals surface area contributed by atoms with E-state index >= 15 is 0 Å². The third kappa shape index (κ3) is 5.75. The lowest BCUT2D eigenvalue weighted by molar-refractivity contribution is -0.308. The van der Waals surface area contributed by atoms with Gasteiger partial charge in [-0.05, 0) is 42.5 Å². The second kappa shape index (κ2) is 10.1. The summed E-state index contributed by atoms with van der Waals surface area (Å²) < 4.78 is 11.0. The van der Waals surface area contributed by atoms with E-state index in [2.05, 4.69) is 5.32 Å². The molecule has 0 bridgehead atoms. The summed E-state index contributed by atoms with van der Waals surface area (Å²) in [4.78, 5) is 35.9. The number of hydrogen-bond donors (Lipinski definition) is 1. The Bertz CT molecular complexity index is 1170. The molecule has 2 aromatic carbocycles. The fourth-order valence-electron chi connectivity index (χ4n) is 3.54. The van der Waals surface area contributed by atoms with Crippen LogP contribution in [0.4, 0.5) is 0 Å². The number of rotatable bonds is 9. The van der Waals surface area contributed by atoms with Crippen LogP contribution in [0, 0.1) is 12.8 Å². The van der Waals surface area contributed by atoms with Crippen LogP contribution in [0.2, 0.25) is 0 Å². The van der Waals surface area contributed by atoms with Gasteiger partial charge < -0.3 is 24.4 Å². The van der Waals surface area contributed by atoms with Crippen molar-refractivity contribution in [3.63, 3.8) is 0 Å². The predicted molar refractivity (Wildman–Crippen MR) is 118 cm³/mol. The van der Waals surface area contributed by atoms with Gasteiger partial charge in [0.1, 0.15) is 11.3 Å². The molecular formula is C25H26NO6-. The van der Waals surface area contributed by atoms with E-state index in [9.17, 15) is 19.5 Å². The monoisotopic (exact) mass is 436 g/mol. The summed E-state index contributed by atoms with van der Waals surface area (Å²) in [5.74, 6) is -1.49. The fourth-order valence-corrected chi connectivity index (χ4v) is 3.54. The summed E-state index contributed by atoms with van der Waals surface area (Å²) in [5.41, 5.74) is 2.37. The molecular weight excluding hydrogens is 410 g/mol. The summed E-state index contributed by atoms with van der Waals surface area (Å²) in [7, 11) is 0. The molecule has 0 saturated carbocycles. The van der Waals surface area contributed by atoms with Crippen molar-refractivity contribution in [2.45, 2.75) is 39.7 Å². The zero-order chi connectivity index (χ0) is 23.3. The number of hydrogen-bond acceptors (Lipinski definition) is 6. The van der Waals surface area contributed by atoms with Crippen molar-refractivity contribution in [3.05, 3.63) is 75.6 Å². The number of carbonyl (C=O) groups excluding carboxylic acids is 2. The number of nitrogens with one attached hydrogen (secondary N) is 1. The average Bonchev–Trinajstić information content (AvgIpc) is 2.75. The van der Waals surface area contributed by atoms with Gasteiger partial charge in [0.25, 0.3) is 5.91 Å². The highest BCUT2D eigenvalue weighted by Crippen LogP contribution is 2.25. The highest BCUT2D eigenvalue weighted by atomic mass is 16.5. The molecule has 1 N–H and O–H groups in total. The Labute approximate surface area is 186 Å². The minimum Gasteiger partial charge on any atom is -0.548 e. The smallest absolute Gasteiger partial charge is 0.340 e. The minimum atomic E-state index is -1.33. The number of fused-ring (bicyclic) bond motifs is 1. The molecule has 7 nitrogen and oxygen atoms in total. The van der Waals surface area contributed by atoms with E-state index in [0.29, 0.717) is 23.3 Å². The van der Waals surface area contributed by atoms with Crippen molar-refractivity contribution >= 4 is 22.8 Å². The van der Waals surface area contributed by atoms with Gasteiger partial charge in [-0.3, -0.25) is 4.79 Å². The van der Waals surface area contributed by atoms with Gasteiger partial charge in [-0.1, -0.05) is 44.2 Å². The lowest BCUT2D eigenvalue weighted by atomic mass is 10.00. The van der Waals surface area contributed by atoms with Crippen molar-refractivity contribution in [1.29, 1.82) is 0 Å². The van der Waals surface area contributed by atoms with Crippen LogP contribution in [0.25, 0.3) is 11.0 Å². The van der Waals surface area contributed by atoms with Crippen LogP contribution in [0.15, 0.2) is 57.7 Å². The highest BCUT2D eigenvalue weighted by molar-refractivity contribution is 5.84. The number of carboxylic acid groups (broad SMARTS) is 1. The molecule has 1 amide bonds. The molecule has 168 valence electrons. The van der Waals surface area contributed by atoms with Crippen LogP contribution in [-0.2, 0) is 16.0 Å². The van der Waals surface area contributed by atoms with E-state index < -0.39 is 23.5 Å². The Morgan fingerprint density at radius 3 is 2.50 bits per heavy atom. The van der Waals surface area contributed by atoms with Crippen LogP contribution in [-0.4, -0.2) is 24.5 Å². The number of aryl methyl sites for hydroxylation is 1. The Kier molecular flexibility index (Phi) is 7.30. The highest BCUT2D eigenvalue weighted by Gasteiger charge is 2.16. The number of aliphatic carboxylic acids is 1. The lowest BCUT2D eigenvalue weighted by Gasteiger charge is -2.21. The Morgan fingerprint density at radius 1 is 1.12 bits per heavy atom. The van der Waals surface area contributed by atoms with Crippen molar-refractivity contribution < 1.29 is 23.8 Å². The number of ether oxygens (including phenoxy) is 1. The zero-order valence-electron chi connectivity index (χ0n) is 18.3. The van der Waals surface area contributed by atoms with Gasteiger partial charge in [-0.25, -0.2) is 4.79 Å². The van der Waals surface area contributed by atoms with Crippen LogP contribution in [0.5, 0.6) is 5.75 Å². The molecule has 1 heterocycles. The zero-order valence-corrected chi connectivity index (χ0v) is 18.3. The van der Waals surface area contributed by atoms with E-state index in [1.807, 2.05) is 51.1 Å². The van der Waals surface area contributed by atoms with Gasteiger partial charge in [0.05, 0.1) is 12.0 Å². The molecule has 3 aromatic rings. The van der Waals surface area contributed by atoms with Gasteiger partial charge in [0.2, 0.25) is 0 Å². The van der Waals surface area contributed by atoms with Crippen LogP contribution >= 0.6 is 0 Å². The van der Waals surface area contributed by atoms with Crippen molar-refractivity contribution in [2.75, 3.05) is 6.61 Å². The van der Waals surface area contributed by atoms with E-state index in [4.69, 9.17) is 9.15 Å². The lowest BCUT2D eigenvalue weighted by Crippen LogP contribution is -2.49. The summed E-state index contributed by atoms with van der Waals surface area (Å²) in [6.45, 7) is 5.21. The van der Waals surface area contributed by atoms with Gasteiger partial charge in [-0.2, -0.15) is 0 Å². The molecule has 0 aliphatic rings. The van der Waals surface area contributed by atoms with E-state index in [0.717, 1.165) is 16.5 Å².